The van der Waals surface area contributed by atoms with Crippen LogP contribution in [0.5, 0.6) is 0 Å². The zero-order chi connectivity index (χ0) is 31.1. The van der Waals surface area contributed by atoms with Crippen LogP contribution in [0.25, 0.3) is 34.4 Å². The van der Waals surface area contributed by atoms with Gasteiger partial charge < -0.3 is 0 Å². The number of hydrogen-bond donors (Lipinski definition) is 0. The summed E-state index contributed by atoms with van der Waals surface area (Å²) in [5, 5.41) is 0. The molecule has 0 saturated carbocycles. The second-order valence-corrected chi connectivity index (χ2v) is 35.9. The van der Waals surface area contributed by atoms with E-state index in [1.807, 2.05) is 0 Å². The van der Waals surface area contributed by atoms with Crippen molar-refractivity contribution < 1.29 is 19.4 Å². The van der Waals surface area contributed by atoms with Crippen LogP contribution in [0.1, 0.15) is 103 Å². The van der Waals surface area contributed by atoms with Gasteiger partial charge in [0.05, 0.1) is 0 Å². The van der Waals surface area contributed by atoms with Gasteiger partial charge >= 0.3 is 237 Å². The Morgan fingerprint density at radius 1 is 0.522 bits per heavy atom. The van der Waals surface area contributed by atoms with E-state index in [1.54, 1.807) is 22.3 Å². The van der Waals surface area contributed by atoms with Gasteiger partial charge in [-0.2, -0.15) is 0 Å². The molecule has 2 unspecified atom stereocenters. The van der Waals surface area contributed by atoms with Gasteiger partial charge in [-0.25, -0.2) is 0 Å². The summed E-state index contributed by atoms with van der Waals surface area (Å²) < 4.78 is 2.75. The number of benzene rings is 4. The first-order chi connectivity index (χ1) is 21.5. The molecule has 0 radical (unpaired) electrons. The van der Waals surface area contributed by atoms with Crippen molar-refractivity contribution in [3.8, 4) is 22.3 Å². The summed E-state index contributed by atoms with van der Waals surface area (Å²) in [6, 6.07) is 36.3. The summed E-state index contributed by atoms with van der Waals surface area (Å²) >= 11 is -2.79. The molecular weight excluding hydrogens is 695 g/mol. The smallest absolute Gasteiger partial charge is 0.0536 e. The number of allylic oxidation sites excluding steroid dienone is 2. The minimum absolute atomic E-state index is 0. The molecular formula is C42H54Cl2SiZr. The molecule has 0 aromatic heterocycles. The van der Waals surface area contributed by atoms with Gasteiger partial charge in [-0.1, -0.05) is 39.5 Å². The maximum absolute atomic E-state index is 2.79. The maximum Gasteiger partial charge on any atom is -0.0536 e. The molecule has 0 heterocycles. The summed E-state index contributed by atoms with van der Waals surface area (Å²) in [4.78, 5) is 0. The van der Waals surface area contributed by atoms with E-state index in [0.717, 1.165) is 12.8 Å². The fourth-order valence-electron chi connectivity index (χ4n) is 7.91. The number of hydrogen-bond acceptors (Lipinski definition) is 0. The first-order valence-corrected chi connectivity index (χ1v) is 30.2. The molecule has 0 amide bonds. The van der Waals surface area contributed by atoms with Crippen molar-refractivity contribution in [1.29, 1.82) is 0 Å². The van der Waals surface area contributed by atoms with Crippen molar-refractivity contribution in [2.24, 2.45) is 0 Å². The Bertz CT molecular complexity index is 1490. The third kappa shape index (κ3) is 7.68. The minimum atomic E-state index is -2.79. The summed E-state index contributed by atoms with van der Waals surface area (Å²) in [5.74, 6) is 0. The molecule has 46 heavy (non-hydrogen) atoms. The van der Waals surface area contributed by atoms with Gasteiger partial charge in [0.2, 0.25) is 0 Å². The van der Waals surface area contributed by atoms with E-state index < -0.39 is 19.4 Å². The van der Waals surface area contributed by atoms with Crippen LogP contribution in [-0.2, 0) is 19.4 Å². The van der Waals surface area contributed by atoms with Crippen molar-refractivity contribution >= 4 is 44.3 Å². The van der Waals surface area contributed by atoms with E-state index in [9.17, 15) is 0 Å². The molecule has 2 atom stereocenters. The molecule has 0 saturated heterocycles. The molecule has 6 rings (SSSR count). The fourth-order valence-corrected chi connectivity index (χ4v) is 29.1. The summed E-state index contributed by atoms with van der Waals surface area (Å²) in [6.45, 7) is 11.8. The van der Waals surface area contributed by atoms with Gasteiger partial charge in [0.1, 0.15) is 0 Å². The summed E-state index contributed by atoms with van der Waals surface area (Å²) in [5.41, 5.74) is 15.2. The molecule has 0 bridgehead atoms. The van der Waals surface area contributed by atoms with E-state index in [0.29, 0.717) is 7.25 Å². The van der Waals surface area contributed by atoms with E-state index >= 15 is 0 Å². The SMILES string of the molecule is CCC1=Cc2c(-c3ccccc3)cccc2[CH]1[Zr]([SiH3])([CH2]C)[CH]1C(CC)=Cc2c(-c3ccccc3)cccc21.CCCCCC.Cl.Cl. The maximum atomic E-state index is 2.60. The van der Waals surface area contributed by atoms with Crippen molar-refractivity contribution in [3.63, 3.8) is 0 Å². The normalized spacial score (nSPS) is 17.2. The molecule has 2 aliphatic rings. The van der Waals surface area contributed by atoms with Crippen molar-refractivity contribution in [3.05, 3.63) is 130 Å². The van der Waals surface area contributed by atoms with Gasteiger partial charge in [-0.05, 0) is 0 Å². The van der Waals surface area contributed by atoms with Gasteiger partial charge in [0.15, 0.2) is 0 Å². The number of halogens is 2. The topological polar surface area (TPSA) is 0 Å². The Morgan fingerprint density at radius 3 is 1.24 bits per heavy atom. The molecule has 0 aliphatic heterocycles. The largest absolute Gasteiger partial charge is 0.147 e. The van der Waals surface area contributed by atoms with E-state index in [-0.39, 0.29) is 24.8 Å². The predicted octanol–water partition coefficient (Wildman–Crippen LogP) is 12.7. The Hall–Kier alpha value is -1.96. The third-order valence-electron chi connectivity index (χ3n) is 10.3. The molecule has 0 spiro atoms. The monoisotopic (exact) mass is 746 g/mol. The zero-order valence-corrected chi connectivity index (χ0v) is 34.9. The average molecular weight is 749 g/mol. The fraction of sp³-hybridized carbons (Fsp3) is 0.333. The minimum Gasteiger partial charge on any atom is -0.147 e. The van der Waals surface area contributed by atoms with Crippen LogP contribution < -0.4 is 0 Å². The van der Waals surface area contributed by atoms with Crippen LogP contribution in [0.3, 0.4) is 0 Å². The molecule has 2 aliphatic carbocycles. The van der Waals surface area contributed by atoms with Gasteiger partial charge in [-0.3, -0.25) is 0 Å². The molecule has 0 fully saturated rings. The Morgan fingerprint density at radius 2 is 0.913 bits per heavy atom. The van der Waals surface area contributed by atoms with Gasteiger partial charge in [0, 0.05) is 0 Å². The molecule has 4 aromatic carbocycles. The van der Waals surface area contributed by atoms with Crippen LogP contribution in [0.4, 0.5) is 0 Å². The van der Waals surface area contributed by atoms with Crippen molar-refractivity contribution in [2.75, 3.05) is 0 Å². The predicted molar refractivity (Wildman–Crippen MR) is 211 cm³/mol. The van der Waals surface area contributed by atoms with Crippen LogP contribution in [-0.4, -0.2) is 7.37 Å². The Labute approximate surface area is 298 Å². The molecule has 244 valence electrons. The van der Waals surface area contributed by atoms with E-state index in [2.05, 4.69) is 144 Å². The molecule has 4 aromatic rings. The van der Waals surface area contributed by atoms with E-state index in [4.69, 9.17) is 0 Å². The number of fused-ring (bicyclic) bond motifs is 2. The molecule has 0 nitrogen and oxygen atoms in total. The average Bonchev–Trinajstić information content (AvgIpc) is 3.67. The second-order valence-electron chi connectivity index (χ2n) is 12.9. The van der Waals surface area contributed by atoms with E-state index in [1.165, 1.54) is 70.6 Å². The van der Waals surface area contributed by atoms with Gasteiger partial charge in [0.25, 0.3) is 0 Å². The van der Waals surface area contributed by atoms with Crippen LogP contribution in [0.15, 0.2) is 108 Å². The zero-order valence-electron chi connectivity index (χ0n) is 28.8. The van der Waals surface area contributed by atoms with Crippen LogP contribution >= 0.6 is 24.8 Å². The number of rotatable bonds is 10. The van der Waals surface area contributed by atoms with Crippen molar-refractivity contribution in [2.45, 2.75) is 84.5 Å². The summed E-state index contributed by atoms with van der Waals surface area (Å²) in [7, 11) is 1.34. The van der Waals surface area contributed by atoms with Gasteiger partial charge in [-0.15, -0.1) is 24.8 Å². The first kappa shape index (κ1) is 38.5. The van der Waals surface area contributed by atoms with Crippen LogP contribution in [0, 0.1) is 0 Å². The first-order valence-electron chi connectivity index (χ1n) is 17.3. The van der Waals surface area contributed by atoms with Crippen LogP contribution in [0.2, 0.25) is 4.13 Å². The standard InChI is InChI=1S/2C17H15.C6H14.C2H5.2ClH.H3Si.Zr/c2*1-2-13-11-15-9-6-10-16(17(15)12-13)14-7-4-3-5-8-14;1-3-5-6-4-2;1-2;;;;/h2*3-12H,2H2,1H3;3-6H2,1-2H3;1H2,2H3;2*1H;1H3;. The third-order valence-corrected chi connectivity index (χ3v) is 34.9. The second kappa shape index (κ2) is 18.0. The molecule has 0 N–H and O–H groups in total. The number of unbranched alkanes of at least 4 members (excludes halogenated alkanes) is 3. The Balaban J connectivity index is 0.000000660. The van der Waals surface area contributed by atoms with Crippen molar-refractivity contribution in [1.82, 2.24) is 0 Å². The summed E-state index contributed by atoms with van der Waals surface area (Å²) in [6.07, 6.45) is 13.1. The molecule has 4 heteroatoms. The quantitative estimate of drug-likeness (QED) is 0.112. The Kier molecular flexibility index (Phi) is 15.0.